The van der Waals surface area contributed by atoms with Crippen molar-refractivity contribution in [2.45, 2.75) is 25.3 Å². The second-order valence-electron chi connectivity index (χ2n) is 7.22. The van der Waals surface area contributed by atoms with E-state index < -0.39 is 50.6 Å². The van der Waals surface area contributed by atoms with E-state index in [1.807, 2.05) is 4.72 Å². The fourth-order valence-corrected chi connectivity index (χ4v) is 3.79. The van der Waals surface area contributed by atoms with Gasteiger partial charge in [-0.2, -0.15) is 4.72 Å². The van der Waals surface area contributed by atoms with Crippen LogP contribution < -0.4 is 10.0 Å². The number of sulfonamides is 1. The molecule has 0 spiro atoms. The fraction of sp³-hybridized carbons (Fsp3) is 0.333. The predicted molar refractivity (Wildman–Crippen MR) is 122 cm³/mol. The Hall–Kier alpha value is -3.71. The van der Waals surface area contributed by atoms with Gasteiger partial charge in [-0.1, -0.05) is 12.2 Å². The van der Waals surface area contributed by atoms with Crippen LogP contribution in [0, 0.1) is 10.1 Å². The lowest BCUT2D eigenvalue weighted by Crippen LogP contribution is -2.37. The maximum absolute atomic E-state index is 12.5. The van der Waals surface area contributed by atoms with Crippen molar-refractivity contribution in [3.63, 3.8) is 0 Å². The van der Waals surface area contributed by atoms with Crippen molar-refractivity contribution in [1.82, 2.24) is 9.62 Å². The number of nitrogens with zero attached hydrogens (tertiary/aromatic N) is 2. The van der Waals surface area contributed by atoms with E-state index in [4.69, 9.17) is 9.15 Å². The van der Waals surface area contributed by atoms with E-state index in [2.05, 4.69) is 11.9 Å². The second kappa shape index (κ2) is 12.0. The highest BCUT2D eigenvalue weighted by molar-refractivity contribution is 7.89. The average molecular weight is 495 g/mol. The van der Waals surface area contributed by atoms with Crippen LogP contribution in [0.3, 0.4) is 0 Å². The lowest BCUT2D eigenvalue weighted by atomic mass is 10.2. The summed E-state index contributed by atoms with van der Waals surface area (Å²) in [6, 6.07) is 6.61. The summed E-state index contributed by atoms with van der Waals surface area (Å²) in [4.78, 5) is 35.7. The van der Waals surface area contributed by atoms with Gasteiger partial charge in [-0.3, -0.25) is 19.7 Å². The van der Waals surface area contributed by atoms with Gasteiger partial charge in [-0.25, -0.2) is 8.42 Å². The van der Waals surface area contributed by atoms with E-state index in [1.165, 1.54) is 17.2 Å². The number of amides is 1. The second-order valence-corrected chi connectivity index (χ2v) is 8.99. The van der Waals surface area contributed by atoms with Crippen molar-refractivity contribution in [3.8, 4) is 0 Å². The number of ether oxygens (including phenoxy) is 1. The molecular weight excluding hydrogens is 468 g/mol. The largest absolute Gasteiger partial charge is 0.467 e. The maximum Gasteiger partial charge on any atom is 0.321 e. The number of furan rings is 1. The molecule has 0 fully saturated rings. The van der Waals surface area contributed by atoms with Crippen LogP contribution in [0.1, 0.15) is 19.6 Å². The molecule has 2 N–H and O–H groups in total. The first-order valence-electron chi connectivity index (χ1n) is 10.2. The van der Waals surface area contributed by atoms with Gasteiger partial charge in [0, 0.05) is 19.2 Å². The van der Waals surface area contributed by atoms with Crippen LogP contribution in [0.4, 0.5) is 11.4 Å². The lowest BCUT2D eigenvalue weighted by molar-refractivity contribution is -0.384. The van der Waals surface area contributed by atoms with Crippen LogP contribution in [0.15, 0.2) is 58.1 Å². The Kier molecular flexibility index (Phi) is 9.33. The third-order valence-electron chi connectivity index (χ3n) is 4.47. The molecule has 0 atom stereocenters. The number of carbonyl (C=O) groups excluding carboxylic acids is 2. The molecule has 1 aromatic heterocycles. The monoisotopic (exact) mass is 494 g/mol. The first kappa shape index (κ1) is 26.5. The molecule has 13 heteroatoms. The number of benzene rings is 1. The molecule has 0 aliphatic carbocycles. The number of carbonyl (C=O) groups is 2. The first-order valence-corrected chi connectivity index (χ1v) is 11.6. The van der Waals surface area contributed by atoms with Crippen molar-refractivity contribution < 1.29 is 32.1 Å². The molecule has 12 nitrogen and oxygen atoms in total. The van der Waals surface area contributed by atoms with Gasteiger partial charge in [-0.05, 0) is 38.1 Å². The molecule has 2 rings (SSSR count). The minimum absolute atomic E-state index is 0.0912. The summed E-state index contributed by atoms with van der Waals surface area (Å²) in [7, 11) is -4.27. The minimum atomic E-state index is -4.27. The SMILES string of the molecule is C=C(C)CN(CC)C(=O)COC(=O)CNS(=O)(=O)c1ccc(NCc2ccco2)c([N+](=O)[O-])c1. The molecular formula is C21H26N4O8S. The third kappa shape index (κ3) is 7.71. The third-order valence-corrected chi connectivity index (χ3v) is 5.87. The summed E-state index contributed by atoms with van der Waals surface area (Å²) < 4.78 is 37.0. The zero-order valence-electron chi connectivity index (χ0n) is 18.8. The number of rotatable bonds is 13. The molecule has 2 aromatic rings. The predicted octanol–water partition coefficient (Wildman–Crippen LogP) is 2.05. The summed E-state index contributed by atoms with van der Waals surface area (Å²) in [6.07, 6.45) is 1.45. The molecule has 0 aliphatic heterocycles. The highest BCUT2D eigenvalue weighted by Gasteiger charge is 2.23. The van der Waals surface area contributed by atoms with E-state index >= 15 is 0 Å². The summed E-state index contributed by atoms with van der Waals surface area (Å²) in [5, 5.41) is 14.2. The Balaban J connectivity index is 1.98. The molecule has 34 heavy (non-hydrogen) atoms. The van der Waals surface area contributed by atoms with Crippen LogP contribution in [-0.4, -0.2) is 56.4 Å². The van der Waals surface area contributed by atoms with E-state index in [-0.39, 0.29) is 12.2 Å². The molecule has 0 aliphatic rings. The molecule has 0 saturated carbocycles. The smallest absolute Gasteiger partial charge is 0.321 e. The fourth-order valence-electron chi connectivity index (χ4n) is 2.80. The number of hydrogen-bond acceptors (Lipinski definition) is 9. The van der Waals surface area contributed by atoms with Crippen molar-refractivity contribution in [3.05, 3.63) is 64.6 Å². The van der Waals surface area contributed by atoms with Crippen LogP contribution >= 0.6 is 0 Å². The number of hydrogen-bond donors (Lipinski definition) is 2. The van der Waals surface area contributed by atoms with Gasteiger partial charge in [0.1, 0.15) is 18.0 Å². The Morgan fingerprint density at radius 2 is 2.03 bits per heavy atom. The van der Waals surface area contributed by atoms with Gasteiger partial charge < -0.3 is 19.4 Å². The highest BCUT2D eigenvalue weighted by Crippen LogP contribution is 2.28. The zero-order valence-corrected chi connectivity index (χ0v) is 19.6. The van der Waals surface area contributed by atoms with Crippen LogP contribution in [0.2, 0.25) is 0 Å². The zero-order chi connectivity index (χ0) is 25.3. The normalized spacial score (nSPS) is 11.0. The summed E-state index contributed by atoms with van der Waals surface area (Å²) in [5.41, 5.74) is 0.374. The minimum Gasteiger partial charge on any atom is -0.467 e. The highest BCUT2D eigenvalue weighted by atomic mass is 32.2. The van der Waals surface area contributed by atoms with Crippen molar-refractivity contribution in [2.24, 2.45) is 0 Å². The number of nitro groups is 1. The average Bonchev–Trinajstić information content (AvgIpc) is 3.31. The van der Waals surface area contributed by atoms with Gasteiger partial charge in [-0.15, -0.1) is 0 Å². The Morgan fingerprint density at radius 3 is 2.62 bits per heavy atom. The molecule has 1 amide bonds. The molecule has 0 radical (unpaired) electrons. The van der Waals surface area contributed by atoms with E-state index in [1.54, 1.807) is 26.0 Å². The van der Waals surface area contributed by atoms with Gasteiger partial charge in [0.05, 0.1) is 22.6 Å². The maximum atomic E-state index is 12.5. The number of nitrogens with one attached hydrogen (secondary N) is 2. The standard InChI is InChI=1S/C21H26N4O8S/c1-4-24(13-15(2)3)20(26)14-33-21(27)12-23-34(30,31)17-7-8-18(19(10-17)25(28)29)22-11-16-6-5-9-32-16/h5-10,22-23H,2,4,11-14H2,1,3H3. The molecule has 0 unspecified atom stereocenters. The van der Waals surface area contributed by atoms with Crippen molar-refractivity contribution in [2.75, 3.05) is 31.6 Å². The summed E-state index contributed by atoms with van der Waals surface area (Å²) in [5.74, 6) is -0.893. The summed E-state index contributed by atoms with van der Waals surface area (Å²) >= 11 is 0. The Morgan fingerprint density at radius 1 is 1.29 bits per heavy atom. The van der Waals surface area contributed by atoms with Gasteiger partial charge >= 0.3 is 5.97 Å². The van der Waals surface area contributed by atoms with Gasteiger partial charge in [0.25, 0.3) is 11.6 Å². The summed E-state index contributed by atoms with van der Waals surface area (Å²) in [6.45, 7) is 6.78. The topological polar surface area (TPSA) is 161 Å². The van der Waals surface area contributed by atoms with E-state index in [0.717, 1.165) is 17.7 Å². The van der Waals surface area contributed by atoms with Gasteiger partial charge in [0.2, 0.25) is 10.0 Å². The first-order chi connectivity index (χ1) is 16.0. The van der Waals surface area contributed by atoms with Crippen LogP contribution in [0.5, 0.6) is 0 Å². The van der Waals surface area contributed by atoms with E-state index in [9.17, 15) is 28.1 Å². The van der Waals surface area contributed by atoms with Crippen molar-refractivity contribution >= 4 is 33.3 Å². The van der Waals surface area contributed by atoms with Crippen molar-refractivity contribution in [1.29, 1.82) is 0 Å². The molecule has 1 aromatic carbocycles. The number of likely N-dealkylation sites (N-methyl/N-ethyl adjacent to an activating group) is 1. The molecule has 1 heterocycles. The quantitative estimate of drug-likeness (QED) is 0.184. The van der Waals surface area contributed by atoms with Crippen LogP contribution in [-0.2, 0) is 30.9 Å². The molecule has 0 saturated heterocycles. The molecule has 184 valence electrons. The van der Waals surface area contributed by atoms with E-state index in [0.29, 0.717) is 18.8 Å². The lowest BCUT2D eigenvalue weighted by Gasteiger charge is -2.20. The Bertz CT molecular complexity index is 1150. The van der Waals surface area contributed by atoms with Crippen LogP contribution in [0.25, 0.3) is 0 Å². The molecule has 0 bridgehead atoms. The Labute approximate surface area is 196 Å². The number of anilines is 1. The van der Waals surface area contributed by atoms with Gasteiger partial charge in [0.15, 0.2) is 6.61 Å². The number of nitro benzene ring substituents is 1. The number of esters is 1.